The Bertz CT molecular complexity index is 1230. The molecular weight excluding hydrogens is 432 g/mol. The average molecular weight is 473 g/mol. The normalized spacial score (nSPS) is 11.9. The third kappa shape index (κ3) is 7.68. The van der Waals surface area contributed by atoms with Gasteiger partial charge in [-0.05, 0) is 52.2 Å². The zero-order valence-electron chi connectivity index (χ0n) is 22.5. The molecular formula is C36H40. The molecule has 0 nitrogen and oxygen atoms in total. The number of hydrogen-bond donors (Lipinski definition) is 0. The first-order valence-corrected chi connectivity index (χ1v) is 12.8. The van der Waals surface area contributed by atoms with Crippen LogP contribution in [0.2, 0.25) is 0 Å². The summed E-state index contributed by atoms with van der Waals surface area (Å²) in [4.78, 5) is 0. The Morgan fingerprint density at radius 2 is 0.972 bits per heavy atom. The van der Waals surface area contributed by atoms with E-state index in [0.717, 1.165) is 6.42 Å². The van der Waals surface area contributed by atoms with Gasteiger partial charge in [-0.25, -0.2) is 0 Å². The standard InChI is InChI=1S/2C18H20/c2*1-15(16-10-6-4-7-11-16)14-18(2,3)17-12-8-5-9-13-17/h4-14H,1-3H3;4-13H,1,14H2,2-3H3/b15-14+;. The quantitative estimate of drug-likeness (QED) is 0.251. The molecule has 0 heteroatoms. The summed E-state index contributed by atoms with van der Waals surface area (Å²) < 4.78 is 0. The smallest absolute Gasteiger partial charge is 0.00812 e. The van der Waals surface area contributed by atoms with Crippen LogP contribution in [0.1, 0.15) is 63.3 Å². The number of hydrogen-bond acceptors (Lipinski definition) is 0. The molecule has 0 N–H and O–H groups in total. The van der Waals surface area contributed by atoms with Gasteiger partial charge in [0.2, 0.25) is 0 Å². The van der Waals surface area contributed by atoms with E-state index in [2.05, 4.69) is 163 Å². The van der Waals surface area contributed by atoms with Crippen molar-refractivity contribution < 1.29 is 0 Å². The molecule has 0 saturated heterocycles. The lowest BCUT2D eigenvalue weighted by atomic mass is 9.78. The Kier molecular flexibility index (Phi) is 9.25. The van der Waals surface area contributed by atoms with Crippen LogP contribution in [0.4, 0.5) is 0 Å². The molecule has 0 aliphatic heterocycles. The van der Waals surface area contributed by atoms with Crippen LogP contribution in [0, 0.1) is 0 Å². The van der Waals surface area contributed by atoms with E-state index in [1.807, 2.05) is 6.07 Å². The minimum Gasteiger partial charge on any atom is -0.0952 e. The van der Waals surface area contributed by atoms with Crippen LogP contribution < -0.4 is 0 Å². The molecule has 0 aliphatic carbocycles. The van der Waals surface area contributed by atoms with Crippen molar-refractivity contribution in [2.75, 3.05) is 0 Å². The van der Waals surface area contributed by atoms with Crippen LogP contribution in [-0.2, 0) is 10.8 Å². The second kappa shape index (κ2) is 12.4. The van der Waals surface area contributed by atoms with Gasteiger partial charge >= 0.3 is 0 Å². The van der Waals surface area contributed by atoms with Crippen molar-refractivity contribution in [2.45, 2.75) is 51.9 Å². The molecule has 0 radical (unpaired) electrons. The van der Waals surface area contributed by atoms with Crippen molar-refractivity contribution in [3.8, 4) is 0 Å². The Balaban J connectivity index is 0.000000201. The second-order valence-electron chi connectivity index (χ2n) is 10.7. The highest BCUT2D eigenvalue weighted by molar-refractivity contribution is 5.65. The number of benzene rings is 4. The minimum atomic E-state index is 0.0567. The molecule has 0 aliphatic rings. The third-order valence-electron chi connectivity index (χ3n) is 6.72. The van der Waals surface area contributed by atoms with E-state index in [-0.39, 0.29) is 10.8 Å². The van der Waals surface area contributed by atoms with Gasteiger partial charge in [0, 0.05) is 5.41 Å². The van der Waals surface area contributed by atoms with E-state index in [0.29, 0.717) is 0 Å². The monoisotopic (exact) mass is 472 g/mol. The zero-order valence-corrected chi connectivity index (χ0v) is 22.5. The highest BCUT2D eigenvalue weighted by Crippen LogP contribution is 2.33. The summed E-state index contributed by atoms with van der Waals surface area (Å²) in [5.74, 6) is 0. The maximum absolute atomic E-state index is 4.24. The number of rotatable bonds is 7. The second-order valence-corrected chi connectivity index (χ2v) is 10.7. The van der Waals surface area contributed by atoms with Gasteiger partial charge in [-0.1, -0.05) is 162 Å². The summed E-state index contributed by atoms with van der Waals surface area (Å²) in [6.07, 6.45) is 3.32. The molecule has 4 aromatic rings. The first-order valence-electron chi connectivity index (χ1n) is 12.8. The van der Waals surface area contributed by atoms with Crippen molar-refractivity contribution in [3.05, 3.63) is 156 Å². The van der Waals surface area contributed by atoms with Gasteiger partial charge in [-0.3, -0.25) is 0 Å². The molecule has 0 unspecified atom stereocenters. The Labute approximate surface area is 219 Å². The first kappa shape index (κ1) is 27.0. The molecule has 0 amide bonds. The summed E-state index contributed by atoms with van der Waals surface area (Å²) in [5, 5.41) is 0. The molecule has 0 atom stereocenters. The van der Waals surface area contributed by atoms with Crippen LogP contribution in [0.5, 0.6) is 0 Å². The fourth-order valence-corrected chi connectivity index (χ4v) is 4.58. The Hall–Kier alpha value is -3.64. The Morgan fingerprint density at radius 1 is 0.583 bits per heavy atom. The third-order valence-corrected chi connectivity index (χ3v) is 6.72. The van der Waals surface area contributed by atoms with Crippen molar-refractivity contribution in [1.82, 2.24) is 0 Å². The van der Waals surface area contributed by atoms with Gasteiger partial charge in [-0.2, -0.15) is 0 Å². The lowest BCUT2D eigenvalue weighted by Gasteiger charge is -2.26. The van der Waals surface area contributed by atoms with E-state index in [9.17, 15) is 0 Å². The minimum absolute atomic E-state index is 0.0567. The van der Waals surface area contributed by atoms with E-state index < -0.39 is 0 Å². The molecule has 0 aromatic heterocycles. The van der Waals surface area contributed by atoms with Crippen LogP contribution >= 0.6 is 0 Å². The van der Waals surface area contributed by atoms with Crippen molar-refractivity contribution in [2.24, 2.45) is 0 Å². The van der Waals surface area contributed by atoms with Crippen molar-refractivity contribution >= 4 is 11.1 Å². The van der Waals surface area contributed by atoms with E-state index in [4.69, 9.17) is 0 Å². The van der Waals surface area contributed by atoms with Gasteiger partial charge in [-0.15, -0.1) is 0 Å². The molecule has 0 bridgehead atoms. The molecule has 4 rings (SSSR count). The van der Waals surface area contributed by atoms with Crippen LogP contribution in [0.15, 0.2) is 134 Å². The summed E-state index contributed by atoms with van der Waals surface area (Å²) >= 11 is 0. The molecule has 0 heterocycles. The first-order chi connectivity index (χ1) is 17.2. The lowest BCUT2D eigenvalue weighted by molar-refractivity contribution is 0.542. The molecule has 0 fully saturated rings. The molecule has 0 spiro atoms. The van der Waals surface area contributed by atoms with Crippen molar-refractivity contribution in [3.63, 3.8) is 0 Å². The maximum atomic E-state index is 4.24. The molecule has 0 saturated carbocycles. The van der Waals surface area contributed by atoms with Crippen LogP contribution in [0.3, 0.4) is 0 Å². The largest absolute Gasteiger partial charge is 0.0952 e. The summed E-state index contributed by atoms with van der Waals surface area (Å²) in [6, 6.07) is 42.3. The summed E-state index contributed by atoms with van der Waals surface area (Å²) in [7, 11) is 0. The summed E-state index contributed by atoms with van der Waals surface area (Å²) in [5.41, 5.74) is 7.94. The van der Waals surface area contributed by atoms with E-state index in [1.165, 1.54) is 33.4 Å². The van der Waals surface area contributed by atoms with E-state index in [1.54, 1.807) is 0 Å². The van der Waals surface area contributed by atoms with Gasteiger partial charge in [0.15, 0.2) is 0 Å². The van der Waals surface area contributed by atoms with Gasteiger partial charge in [0.1, 0.15) is 0 Å². The summed E-state index contributed by atoms with van der Waals surface area (Å²) in [6.45, 7) is 15.5. The SMILES string of the molecule is C/C(=C\C(C)(C)c1ccccc1)c1ccccc1.C=C(CC(C)(C)c1ccccc1)c1ccccc1. The molecule has 36 heavy (non-hydrogen) atoms. The zero-order chi connectivity index (χ0) is 26.0. The van der Waals surface area contributed by atoms with Crippen LogP contribution in [0.25, 0.3) is 11.1 Å². The topological polar surface area (TPSA) is 0 Å². The van der Waals surface area contributed by atoms with Gasteiger partial charge in [0.25, 0.3) is 0 Å². The van der Waals surface area contributed by atoms with Gasteiger partial charge in [0.05, 0.1) is 0 Å². The maximum Gasteiger partial charge on any atom is 0.00812 e. The highest BCUT2D eigenvalue weighted by atomic mass is 14.3. The fourth-order valence-electron chi connectivity index (χ4n) is 4.58. The number of allylic oxidation sites excluding steroid dienone is 3. The van der Waals surface area contributed by atoms with E-state index >= 15 is 0 Å². The predicted octanol–water partition coefficient (Wildman–Crippen LogP) is 10.1. The highest BCUT2D eigenvalue weighted by Gasteiger charge is 2.21. The molecule has 184 valence electrons. The lowest BCUT2D eigenvalue weighted by Crippen LogP contribution is -2.17. The Morgan fingerprint density at radius 3 is 1.44 bits per heavy atom. The van der Waals surface area contributed by atoms with Gasteiger partial charge < -0.3 is 0 Å². The van der Waals surface area contributed by atoms with Crippen molar-refractivity contribution in [1.29, 1.82) is 0 Å². The van der Waals surface area contributed by atoms with Crippen LogP contribution in [-0.4, -0.2) is 0 Å². The predicted molar refractivity (Wildman–Crippen MR) is 159 cm³/mol. The average Bonchev–Trinajstić information content (AvgIpc) is 2.90. The molecule has 4 aromatic carbocycles. The fraction of sp³-hybridized carbons (Fsp3) is 0.222.